The van der Waals surface area contributed by atoms with Crippen molar-refractivity contribution in [1.29, 1.82) is 0 Å². The molecule has 1 aliphatic rings. The third kappa shape index (κ3) is 3.92. The third-order valence-electron chi connectivity index (χ3n) is 4.50. The number of nitrogens with one attached hydrogen (secondary N) is 2. The zero-order valence-electron chi connectivity index (χ0n) is 15.1. The summed E-state index contributed by atoms with van der Waals surface area (Å²) in [4.78, 5) is 24.7. The van der Waals surface area contributed by atoms with Crippen molar-refractivity contribution in [1.82, 2.24) is 10.7 Å². The van der Waals surface area contributed by atoms with E-state index in [9.17, 15) is 9.59 Å². The first-order valence-corrected chi connectivity index (χ1v) is 8.52. The van der Waals surface area contributed by atoms with E-state index < -0.39 is 11.8 Å². The highest BCUT2D eigenvalue weighted by Gasteiger charge is 2.40. The summed E-state index contributed by atoms with van der Waals surface area (Å²) in [5.74, 6) is -0.713. The van der Waals surface area contributed by atoms with E-state index in [-0.39, 0.29) is 11.8 Å². The van der Waals surface area contributed by atoms with Crippen LogP contribution in [0.4, 0.5) is 0 Å². The fourth-order valence-corrected chi connectivity index (χ4v) is 3.18. The maximum atomic E-state index is 12.6. The molecule has 2 aromatic rings. The monoisotopic (exact) mass is 367 g/mol. The molecule has 1 saturated heterocycles. The Balaban J connectivity index is 1.73. The van der Waals surface area contributed by atoms with Gasteiger partial charge in [0.05, 0.1) is 20.4 Å². The van der Waals surface area contributed by atoms with Crippen molar-refractivity contribution in [2.45, 2.75) is 5.92 Å². The number of hydrogen-bond donors (Lipinski definition) is 2. The van der Waals surface area contributed by atoms with Gasteiger partial charge in [0.15, 0.2) is 11.5 Å². The Bertz CT molecular complexity index is 852. The van der Waals surface area contributed by atoms with Crippen LogP contribution in [0.1, 0.15) is 17.0 Å². The number of amides is 2. The third-order valence-corrected chi connectivity index (χ3v) is 4.50. The van der Waals surface area contributed by atoms with E-state index in [0.717, 1.165) is 5.56 Å². The van der Waals surface area contributed by atoms with Gasteiger partial charge in [0.25, 0.3) is 5.91 Å². The molecule has 2 amide bonds. The second-order valence-electron chi connectivity index (χ2n) is 6.06. The maximum absolute atomic E-state index is 12.6. The molecule has 0 bridgehead atoms. The first kappa shape index (κ1) is 18.4. The quantitative estimate of drug-likeness (QED) is 0.462. The molecule has 2 N–H and O–H groups in total. The Labute approximate surface area is 157 Å². The Kier molecular flexibility index (Phi) is 5.71. The average Bonchev–Trinajstić information content (AvgIpc) is 3.09. The molecular formula is C20H21N3O4. The lowest BCUT2D eigenvalue weighted by atomic mass is 9.88. The van der Waals surface area contributed by atoms with Gasteiger partial charge in [-0.05, 0) is 17.7 Å². The van der Waals surface area contributed by atoms with Crippen LogP contribution in [0, 0.1) is 5.92 Å². The highest BCUT2D eigenvalue weighted by atomic mass is 16.5. The van der Waals surface area contributed by atoms with Crippen molar-refractivity contribution in [2.24, 2.45) is 11.0 Å². The second kappa shape index (κ2) is 8.35. The molecule has 7 heteroatoms. The lowest BCUT2D eigenvalue weighted by molar-refractivity contribution is -0.133. The maximum Gasteiger partial charge on any atom is 0.253 e. The summed E-state index contributed by atoms with van der Waals surface area (Å²) in [5, 5.41) is 6.74. The van der Waals surface area contributed by atoms with Gasteiger partial charge in [-0.1, -0.05) is 36.4 Å². The number of methoxy groups -OCH3 is 2. The molecular weight excluding hydrogens is 346 g/mol. The summed E-state index contributed by atoms with van der Waals surface area (Å²) in [6.45, 7) is 0.425. The lowest BCUT2D eigenvalue weighted by Crippen LogP contribution is -2.34. The zero-order valence-corrected chi connectivity index (χ0v) is 15.1. The molecule has 0 radical (unpaired) electrons. The van der Waals surface area contributed by atoms with Gasteiger partial charge in [-0.25, -0.2) is 5.43 Å². The zero-order chi connectivity index (χ0) is 19.2. The molecule has 3 rings (SSSR count). The van der Waals surface area contributed by atoms with Gasteiger partial charge in [0.1, 0.15) is 5.92 Å². The normalized spacial score (nSPS) is 19.0. The van der Waals surface area contributed by atoms with Crippen LogP contribution in [0.2, 0.25) is 0 Å². The standard InChI is InChI=1S/C20H21N3O4/c1-26-16-10-6-9-14(18(16)27-2)11-22-23-20(25)17-15(12-21-19(17)24)13-7-4-3-5-8-13/h3-11,15,17H,12H2,1-2H3,(H,21,24)(H,23,25)/b22-11+/t15-,17-/m1/s1. The number of hydrogen-bond acceptors (Lipinski definition) is 5. The van der Waals surface area contributed by atoms with Crippen molar-refractivity contribution in [3.63, 3.8) is 0 Å². The van der Waals surface area contributed by atoms with Gasteiger partial charge in [-0.15, -0.1) is 0 Å². The van der Waals surface area contributed by atoms with E-state index in [1.165, 1.54) is 13.3 Å². The fourth-order valence-electron chi connectivity index (χ4n) is 3.18. The van der Waals surface area contributed by atoms with Crippen molar-refractivity contribution in [2.75, 3.05) is 20.8 Å². The van der Waals surface area contributed by atoms with Gasteiger partial charge in [0, 0.05) is 18.0 Å². The van der Waals surface area contributed by atoms with Crippen LogP contribution in [-0.2, 0) is 9.59 Å². The molecule has 0 aromatic heterocycles. The minimum absolute atomic E-state index is 0.222. The number of ether oxygens (including phenoxy) is 2. The fraction of sp³-hybridized carbons (Fsp3) is 0.250. The molecule has 0 saturated carbocycles. The molecule has 2 aromatic carbocycles. The van der Waals surface area contributed by atoms with E-state index >= 15 is 0 Å². The number of rotatable bonds is 6. The smallest absolute Gasteiger partial charge is 0.253 e. The predicted octanol–water partition coefficient (Wildman–Crippen LogP) is 1.68. The van der Waals surface area contributed by atoms with Crippen molar-refractivity contribution in [3.8, 4) is 11.5 Å². The Morgan fingerprint density at radius 3 is 2.63 bits per heavy atom. The first-order chi connectivity index (χ1) is 13.2. The van der Waals surface area contributed by atoms with E-state index in [2.05, 4.69) is 15.8 Å². The second-order valence-corrected chi connectivity index (χ2v) is 6.06. The van der Waals surface area contributed by atoms with Gasteiger partial charge in [-0.3, -0.25) is 9.59 Å². The van der Waals surface area contributed by atoms with Gasteiger partial charge < -0.3 is 14.8 Å². The number of carbonyl (C=O) groups excluding carboxylic acids is 2. The molecule has 27 heavy (non-hydrogen) atoms. The number of carbonyl (C=O) groups is 2. The Morgan fingerprint density at radius 2 is 1.93 bits per heavy atom. The predicted molar refractivity (Wildman–Crippen MR) is 101 cm³/mol. The van der Waals surface area contributed by atoms with Crippen molar-refractivity contribution < 1.29 is 19.1 Å². The summed E-state index contributed by atoms with van der Waals surface area (Å²) >= 11 is 0. The van der Waals surface area contributed by atoms with Gasteiger partial charge in [0.2, 0.25) is 5.91 Å². The van der Waals surface area contributed by atoms with Crippen LogP contribution in [0.25, 0.3) is 0 Å². The van der Waals surface area contributed by atoms with Crippen LogP contribution in [0.15, 0.2) is 53.6 Å². The highest BCUT2D eigenvalue weighted by Crippen LogP contribution is 2.30. The molecule has 0 aliphatic carbocycles. The summed E-state index contributed by atoms with van der Waals surface area (Å²) < 4.78 is 10.6. The molecule has 0 spiro atoms. The molecule has 7 nitrogen and oxygen atoms in total. The van der Waals surface area contributed by atoms with Crippen LogP contribution in [0.3, 0.4) is 0 Å². The summed E-state index contributed by atoms with van der Waals surface area (Å²) in [6, 6.07) is 14.8. The number of hydrazone groups is 1. The average molecular weight is 367 g/mol. The van der Waals surface area contributed by atoms with E-state index in [1.807, 2.05) is 30.3 Å². The minimum atomic E-state index is -0.822. The molecule has 1 aliphatic heterocycles. The van der Waals surface area contributed by atoms with E-state index in [1.54, 1.807) is 25.3 Å². The highest BCUT2D eigenvalue weighted by molar-refractivity contribution is 6.03. The van der Waals surface area contributed by atoms with E-state index in [0.29, 0.717) is 23.6 Å². The van der Waals surface area contributed by atoms with Gasteiger partial charge in [-0.2, -0.15) is 5.10 Å². The summed E-state index contributed by atoms with van der Waals surface area (Å²) in [6.07, 6.45) is 1.46. The SMILES string of the molecule is COc1cccc(/C=N/NC(=O)[C@H]2C(=O)NC[C@@H]2c2ccccc2)c1OC. The topological polar surface area (TPSA) is 89.0 Å². The van der Waals surface area contributed by atoms with Crippen LogP contribution < -0.4 is 20.2 Å². The van der Waals surface area contributed by atoms with E-state index in [4.69, 9.17) is 9.47 Å². The van der Waals surface area contributed by atoms with Crippen molar-refractivity contribution in [3.05, 3.63) is 59.7 Å². The molecule has 1 fully saturated rings. The largest absolute Gasteiger partial charge is 0.493 e. The van der Waals surface area contributed by atoms with Crippen LogP contribution in [0.5, 0.6) is 11.5 Å². The molecule has 140 valence electrons. The first-order valence-electron chi connectivity index (χ1n) is 8.52. The molecule has 2 atom stereocenters. The summed E-state index contributed by atoms with van der Waals surface area (Å²) in [7, 11) is 3.07. The minimum Gasteiger partial charge on any atom is -0.493 e. The summed E-state index contributed by atoms with van der Waals surface area (Å²) in [5.41, 5.74) is 4.05. The number of para-hydroxylation sites is 1. The lowest BCUT2D eigenvalue weighted by Gasteiger charge is -2.15. The van der Waals surface area contributed by atoms with Crippen LogP contribution in [-0.4, -0.2) is 38.8 Å². The number of benzene rings is 2. The van der Waals surface area contributed by atoms with Crippen LogP contribution >= 0.6 is 0 Å². The van der Waals surface area contributed by atoms with Gasteiger partial charge >= 0.3 is 0 Å². The Hall–Kier alpha value is -3.35. The molecule has 0 unspecified atom stereocenters. The van der Waals surface area contributed by atoms with Crippen molar-refractivity contribution >= 4 is 18.0 Å². The molecule has 1 heterocycles. The Morgan fingerprint density at radius 1 is 1.15 bits per heavy atom. The number of nitrogens with zero attached hydrogens (tertiary/aromatic N) is 1.